The summed E-state index contributed by atoms with van der Waals surface area (Å²) in [5.41, 5.74) is 4.74. The molecule has 0 atom stereocenters. The summed E-state index contributed by atoms with van der Waals surface area (Å²) < 4.78 is 0. The van der Waals surface area contributed by atoms with E-state index in [1.807, 2.05) is 36.4 Å². The van der Waals surface area contributed by atoms with Crippen LogP contribution in [0.3, 0.4) is 0 Å². The number of para-hydroxylation sites is 1. The number of nitrogens with one attached hydrogen (secondary N) is 1. The van der Waals surface area contributed by atoms with Crippen molar-refractivity contribution in [3.63, 3.8) is 0 Å². The van der Waals surface area contributed by atoms with Crippen LogP contribution in [0.25, 0.3) is 44.1 Å². The average Bonchev–Trinajstić information content (AvgIpc) is 2.73. The Balaban J connectivity index is 1.85. The average molecular weight is 348 g/mol. The second kappa shape index (κ2) is 6.22. The van der Waals surface area contributed by atoms with Crippen LogP contribution in [0.4, 0.5) is 0 Å². The first-order valence-corrected chi connectivity index (χ1v) is 8.86. The molecule has 3 aromatic carbocycles. The monoisotopic (exact) mass is 348 g/mol. The summed E-state index contributed by atoms with van der Waals surface area (Å²) in [6.07, 6.45) is 3.46. The van der Waals surface area contributed by atoms with Gasteiger partial charge in [-0.15, -0.1) is 0 Å². The zero-order chi connectivity index (χ0) is 18.2. The molecule has 0 spiro atoms. The summed E-state index contributed by atoms with van der Waals surface area (Å²) in [5.74, 6) is 0. The predicted molar refractivity (Wildman–Crippen MR) is 111 cm³/mol. The highest BCUT2D eigenvalue weighted by Crippen LogP contribution is 2.33. The zero-order valence-corrected chi connectivity index (χ0v) is 14.5. The van der Waals surface area contributed by atoms with Gasteiger partial charge in [0, 0.05) is 40.7 Å². The summed E-state index contributed by atoms with van der Waals surface area (Å²) in [6, 6.07) is 25.9. The van der Waals surface area contributed by atoms with Gasteiger partial charge in [-0.3, -0.25) is 9.78 Å². The van der Waals surface area contributed by atoms with E-state index in [1.165, 1.54) is 10.8 Å². The molecule has 2 aromatic heterocycles. The number of hydrogen-bond acceptors (Lipinski definition) is 2. The van der Waals surface area contributed by atoms with Gasteiger partial charge in [0.25, 0.3) is 0 Å². The number of fused-ring (bicyclic) bond motifs is 2. The highest BCUT2D eigenvalue weighted by molar-refractivity contribution is 6.04. The van der Waals surface area contributed by atoms with Crippen molar-refractivity contribution in [2.24, 2.45) is 0 Å². The number of aromatic nitrogens is 2. The molecule has 0 fully saturated rings. The third kappa shape index (κ3) is 2.61. The Labute approximate surface area is 156 Å². The first-order chi connectivity index (χ1) is 13.3. The van der Waals surface area contributed by atoms with Crippen molar-refractivity contribution in [3.05, 3.63) is 101 Å². The van der Waals surface area contributed by atoms with Crippen LogP contribution >= 0.6 is 0 Å². The van der Waals surface area contributed by atoms with E-state index in [0.29, 0.717) is 5.39 Å². The highest BCUT2D eigenvalue weighted by atomic mass is 16.1. The first-order valence-electron chi connectivity index (χ1n) is 8.86. The quantitative estimate of drug-likeness (QED) is 0.463. The minimum absolute atomic E-state index is 0.0117. The summed E-state index contributed by atoms with van der Waals surface area (Å²) in [4.78, 5) is 20.3. The summed E-state index contributed by atoms with van der Waals surface area (Å²) in [5, 5.41) is 3.04. The SMILES string of the molecule is O=c1cc(-c2ccncc2)[nH]c2c(-c3cccc4ccccc34)cccc12. The Kier molecular flexibility index (Phi) is 3.58. The van der Waals surface area contributed by atoms with Crippen LogP contribution in [0.2, 0.25) is 0 Å². The van der Waals surface area contributed by atoms with Gasteiger partial charge in [0.05, 0.1) is 5.52 Å². The molecule has 0 aliphatic heterocycles. The number of pyridine rings is 2. The molecule has 5 rings (SSSR count). The smallest absolute Gasteiger partial charge is 0.190 e. The molecule has 0 bridgehead atoms. The number of benzene rings is 3. The Morgan fingerprint density at radius 3 is 2.30 bits per heavy atom. The van der Waals surface area contributed by atoms with Crippen LogP contribution < -0.4 is 5.43 Å². The number of nitrogens with zero attached hydrogens (tertiary/aromatic N) is 1. The van der Waals surface area contributed by atoms with E-state index in [-0.39, 0.29) is 5.43 Å². The lowest BCUT2D eigenvalue weighted by molar-refractivity contribution is 1.31. The molecule has 0 radical (unpaired) electrons. The number of H-pyrrole nitrogens is 1. The maximum Gasteiger partial charge on any atom is 0.190 e. The normalized spacial score (nSPS) is 11.1. The fourth-order valence-corrected chi connectivity index (χ4v) is 3.64. The minimum atomic E-state index is 0.0117. The third-order valence-corrected chi connectivity index (χ3v) is 4.94. The second-order valence-electron chi connectivity index (χ2n) is 6.54. The van der Waals surface area contributed by atoms with E-state index in [9.17, 15) is 4.79 Å². The van der Waals surface area contributed by atoms with Gasteiger partial charge in [0.1, 0.15) is 0 Å². The second-order valence-corrected chi connectivity index (χ2v) is 6.54. The zero-order valence-electron chi connectivity index (χ0n) is 14.5. The Hall–Kier alpha value is -3.72. The summed E-state index contributed by atoms with van der Waals surface area (Å²) >= 11 is 0. The predicted octanol–water partition coefficient (Wildman–Crippen LogP) is 5.41. The molecular formula is C24H16N2O. The van der Waals surface area contributed by atoms with E-state index in [4.69, 9.17) is 0 Å². The van der Waals surface area contributed by atoms with Crippen molar-refractivity contribution < 1.29 is 0 Å². The molecule has 0 unspecified atom stereocenters. The van der Waals surface area contributed by atoms with Crippen molar-refractivity contribution >= 4 is 21.7 Å². The van der Waals surface area contributed by atoms with Crippen molar-refractivity contribution in [2.75, 3.05) is 0 Å². The van der Waals surface area contributed by atoms with Crippen LogP contribution in [0, 0.1) is 0 Å². The van der Waals surface area contributed by atoms with Gasteiger partial charge < -0.3 is 4.98 Å². The molecule has 0 aliphatic rings. The van der Waals surface area contributed by atoms with E-state index < -0.39 is 0 Å². The van der Waals surface area contributed by atoms with E-state index in [1.54, 1.807) is 18.5 Å². The maximum absolute atomic E-state index is 12.8. The minimum Gasteiger partial charge on any atom is -0.354 e. The van der Waals surface area contributed by atoms with E-state index in [2.05, 4.69) is 46.4 Å². The van der Waals surface area contributed by atoms with Crippen LogP contribution in [0.5, 0.6) is 0 Å². The lowest BCUT2D eigenvalue weighted by Gasteiger charge is -2.12. The third-order valence-electron chi connectivity index (χ3n) is 4.94. The molecule has 0 amide bonds. The molecule has 2 heterocycles. The largest absolute Gasteiger partial charge is 0.354 e. The van der Waals surface area contributed by atoms with E-state index in [0.717, 1.165) is 27.9 Å². The highest BCUT2D eigenvalue weighted by Gasteiger charge is 2.11. The van der Waals surface area contributed by atoms with Gasteiger partial charge in [0.15, 0.2) is 5.43 Å². The molecule has 0 saturated heterocycles. The van der Waals surface area contributed by atoms with Crippen molar-refractivity contribution in [3.8, 4) is 22.4 Å². The summed E-state index contributed by atoms with van der Waals surface area (Å²) in [7, 11) is 0. The van der Waals surface area contributed by atoms with E-state index >= 15 is 0 Å². The van der Waals surface area contributed by atoms with Crippen molar-refractivity contribution in [1.82, 2.24) is 9.97 Å². The fraction of sp³-hybridized carbons (Fsp3) is 0. The van der Waals surface area contributed by atoms with Crippen LogP contribution in [0.15, 0.2) is 96.1 Å². The maximum atomic E-state index is 12.8. The van der Waals surface area contributed by atoms with Gasteiger partial charge in [-0.25, -0.2) is 0 Å². The lowest BCUT2D eigenvalue weighted by atomic mass is 9.96. The number of rotatable bonds is 2. The molecular weight excluding hydrogens is 332 g/mol. The lowest BCUT2D eigenvalue weighted by Crippen LogP contribution is -2.04. The molecule has 0 aliphatic carbocycles. The molecule has 27 heavy (non-hydrogen) atoms. The Morgan fingerprint density at radius 2 is 1.41 bits per heavy atom. The van der Waals surface area contributed by atoms with Gasteiger partial charge in [-0.2, -0.15) is 0 Å². The Bertz CT molecular complexity index is 1330. The van der Waals surface area contributed by atoms with Crippen LogP contribution in [0.1, 0.15) is 0 Å². The molecule has 1 N–H and O–H groups in total. The number of hydrogen-bond donors (Lipinski definition) is 1. The molecule has 3 nitrogen and oxygen atoms in total. The van der Waals surface area contributed by atoms with Crippen molar-refractivity contribution in [2.45, 2.75) is 0 Å². The van der Waals surface area contributed by atoms with Gasteiger partial charge in [0.2, 0.25) is 0 Å². The molecule has 5 aromatic rings. The summed E-state index contributed by atoms with van der Waals surface area (Å²) in [6.45, 7) is 0. The standard InChI is InChI=1S/C24H16N2O/c27-23-15-22(17-11-13-25-14-12-17)26-24-20(9-4-10-21(23)24)19-8-3-6-16-5-1-2-7-18(16)19/h1-15H,(H,26,27). The Morgan fingerprint density at radius 1 is 0.704 bits per heavy atom. The van der Waals surface area contributed by atoms with Crippen LogP contribution in [-0.2, 0) is 0 Å². The van der Waals surface area contributed by atoms with Gasteiger partial charge >= 0.3 is 0 Å². The van der Waals surface area contributed by atoms with Crippen molar-refractivity contribution in [1.29, 1.82) is 0 Å². The molecule has 128 valence electrons. The first kappa shape index (κ1) is 15.5. The fourth-order valence-electron chi connectivity index (χ4n) is 3.64. The topological polar surface area (TPSA) is 45.8 Å². The number of aromatic amines is 1. The van der Waals surface area contributed by atoms with Gasteiger partial charge in [-0.05, 0) is 34.5 Å². The molecule has 0 saturated carbocycles. The molecule has 3 heteroatoms. The van der Waals surface area contributed by atoms with Crippen LogP contribution in [-0.4, -0.2) is 9.97 Å². The van der Waals surface area contributed by atoms with Gasteiger partial charge in [-0.1, -0.05) is 54.6 Å².